The van der Waals surface area contributed by atoms with Crippen LogP contribution in [0.15, 0.2) is 65.6 Å². The standard InChI is InChI=1S/C21H17N3O2S/c1-2-26-19-11-7-6-10-17(19)18-14-27-21(23-18)24-20(25)16(13-22)12-15-8-4-3-5-9-15/h3-12,14H,2H2,1H3,(H,23,24,25)/b16-12+. The lowest BCUT2D eigenvalue weighted by Gasteiger charge is -2.07. The molecule has 1 aromatic heterocycles. The summed E-state index contributed by atoms with van der Waals surface area (Å²) in [5.74, 6) is 0.255. The molecule has 0 bridgehead atoms. The summed E-state index contributed by atoms with van der Waals surface area (Å²) < 4.78 is 5.63. The molecule has 134 valence electrons. The number of nitrogens with zero attached hydrogens (tertiary/aromatic N) is 2. The summed E-state index contributed by atoms with van der Waals surface area (Å²) in [7, 11) is 0. The van der Waals surface area contributed by atoms with E-state index in [1.165, 1.54) is 11.3 Å². The minimum Gasteiger partial charge on any atom is -0.493 e. The highest BCUT2D eigenvalue weighted by Crippen LogP contribution is 2.32. The van der Waals surface area contributed by atoms with Crippen molar-refractivity contribution in [2.45, 2.75) is 6.92 Å². The van der Waals surface area contributed by atoms with Gasteiger partial charge in [0.05, 0.1) is 12.3 Å². The number of ether oxygens (including phenoxy) is 1. The molecule has 1 heterocycles. The quantitative estimate of drug-likeness (QED) is 0.498. The van der Waals surface area contributed by atoms with Gasteiger partial charge in [-0.15, -0.1) is 11.3 Å². The molecule has 0 atom stereocenters. The molecule has 5 nitrogen and oxygen atoms in total. The van der Waals surface area contributed by atoms with Crippen molar-refractivity contribution in [1.29, 1.82) is 5.26 Å². The van der Waals surface area contributed by atoms with E-state index < -0.39 is 5.91 Å². The largest absolute Gasteiger partial charge is 0.493 e. The number of amides is 1. The van der Waals surface area contributed by atoms with Crippen LogP contribution >= 0.6 is 11.3 Å². The topological polar surface area (TPSA) is 75.0 Å². The van der Waals surface area contributed by atoms with Gasteiger partial charge in [-0.05, 0) is 30.7 Å². The Kier molecular flexibility index (Phi) is 5.98. The monoisotopic (exact) mass is 375 g/mol. The van der Waals surface area contributed by atoms with Crippen LogP contribution < -0.4 is 10.1 Å². The van der Waals surface area contributed by atoms with Gasteiger partial charge in [-0.25, -0.2) is 4.98 Å². The summed E-state index contributed by atoms with van der Waals surface area (Å²) in [6, 6.07) is 18.8. The van der Waals surface area contributed by atoms with Crippen molar-refractivity contribution < 1.29 is 9.53 Å². The first kappa shape index (κ1) is 18.4. The van der Waals surface area contributed by atoms with E-state index in [4.69, 9.17) is 4.74 Å². The Bertz CT molecular complexity index is 1000. The lowest BCUT2D eigenvalue weighted by molar-refractivity contribution is -0.112. The number of hydrogen-bond donors (Lipinski definition) is 1. The second-order valence-corrected chi connectivity index (χ2v) is 6.36. The molecule has 3 aromatic rings. The lowest BCUT2D eigenvalue weighted by atomic mass is 10.1. The van der Waals surface area contributed by atoms with Crippen molar-refractivity contribution in [1.82, 2.24) is 4.98 Å². The molecule has 0 fully saturated rings. The number of nitrogens with one attached hydrogen (secondary N) is 1. The number of anilines is 1. The number of hydrogen-bond acceptors (Lipinski definition) is 5. The van der Waals surface area contributed by atoms with Crippen LogP contribution in [-0.4, -0.2) is 17.5 Å². The molecule has 3 rings (SSSR count). The highest BCUT2D eigenvalue weighted by Gasteiger charge is 2.14. The number of rotatable bonds is 6. The molecular formula is C21H17N3O2S. The third-order valence-electron chi connectivity index (χ3n) is 3.66. The number of para-hydroxylation sites is 1. The lowest BCUT2D eigenvalue weighted by Crippen LogP contribution is -2.13. The summed E-state index contributed by atoms with van der Waals surface area (Å²) in [6.45, 7) is 2.48. The minimum atomic E-state index is -0.486. The third kappa shape index (κ3) is 4.60. The highest BCUT2D eigenvalue weighted by atomic mass is 32.1. The maximum absolute atomic E-state index is 12.4. The number of aromatic nitrogens is 1. The van der Waals surface area contributed by atoms with E-state index in [2.05, 4.69) is 10.3 Å². The zero-order chi connectivity index (χ0) is 19.1. The van der Waals surface area contributed by atoms with Crippen molar-refractivity contribution >= 4 is 28.5 Å². The molecule has 0 spiro atoms. The number of nitriles is 1. The second kappa shape index (κ2) is 8.79. The van der Waals surface area contributed by atoms with Crippen LogP contribution in [0, 0.1) is 11.3 Å². The van der Waals surface area contributed by atoms with E-state index in [0.29, 0.717) is 17.4 Å². The van der Waals surface area contributed by atoms with E-state index in [-0.39, 0.29) is 5.57 Å². The molecule has 27 heavy (non-hydrogen) atoms. The Morgan fingerprint density at radius 3 is 2.70 bits per heavy atom. The van der Waals surface area contributed by atoms with Gasteiger partial charge < -0.3 is 4.74 Å². The average molecular weight is 375 g/mol. The summed E-state index contributed by atoms with van der Waals surface area (Å²) in [5, 5.41) is 14.3. The van der Waals surface area contributed by atoms with Crippen LogP contribution in [0.5, 0.6) is 5.75 Å². The van der Waals surface area contributed by atoms with Gasteiger partial charge in [-0.2, -0.15) is 5.26 Å². The van der Waals surface area contributed by atoms with Crippen molar-refractivity contribution in [3.05, 3.63) is 71.1 Å². The number of benzene rings is 2. The van der Waals surface area contributed by atoms with Crippen LogP contribution in [0.4, 0.5) is 5.13 Å². The van der Waals surface area contributed by atoms with Crippen molar-refractivity contribution in [2.24, 2.45) is 0 Å². The SMILES string of the molecule is CCOc1ccccc1-c1csc(NC(=O)/C(C#N)=C/c2ccccc2)n1. The summed E-state index contributed by atoms with van der Waals surface area (Å²) in [6.07, 6.45) is 1.55. The molecule has 0 saturated heterocycles. The molecule has 0 radical (unpaired) electrons. The van der Waals surface area contributed by atoms with E-state index in [1.807, 2.05) is 73.0 Å². The number of thiazole rings is 1. The maximum atomic E-state index is 12.4. The second-order valence-electron chi connectivity index (χ2n) is 5.50. The Morgan fingerprint density at radius 2 is 1.96 bits per heavy atom. The smallest absolute Gasteiger partial charge is 0.268 e. The van der Waals surface area contributed by atoms with Crippen LogP contribution in [0.3, 0.4) is 0 Å². The number of carbonyl (C=O) groups excluding carboxylic acids is 1. The summed E-state index contributed by atoms with van der Waals surface area (Å²) in [4.78, 5) is 16.9. The van der Waals surface area contributed by atoms with Gasteiger partial charge in [0, 0.05) is 10.9 Å². The van der Waals surface area contributed by atoms with Gasteiger partial charge >= 0.3 is 0 Å². The minimum absolute atomic E-state index is 0.0210. The zero-order valence-corrected chi connectivity index (χ0v) is 15.5. The van der Waals surface area contributed by atoms with Crippen LogP contribution in [0.2, 0.25) is 0 Å². The first-order valence-electron chi connectivity index (χ1n) is 8.37. The fraction of sp³-hybridized carbons (Fsp3) is 0.0952. The summed E-state index contributed by atoms with van der Waals surface area (Å²) >= 11 is 1.30. The normalized spacial score (nSPS) is 10.9. The Morgan fingerprint density at radius 1 is 1.22 bits per heavy atom. The Hall–Kier alpha value is -3.43. The third-order valence-corrected chi connectivity index (χ3v) is 4.42. The first-order chi connectivity index (χ1) is 13.2. The van der Waals surface area contributed by atoms with E-state index in [1.54, 1.807) is 6.08 Å². The van der Waals surface area contributed by atoms with Gasteiger partial charge in [0.2, 0.25) is 0 Å². The van der Waals surface area contributed by atoms with Crippen LogP contribution in [0.1, 0.15) is 12.5 Å². The van der Waals surface area contributed by atoms with Gasteiger partial charge in [0.1, 0.15) is 17.4 Å². The van der Waals surface area contributed by atoms with Crippen molar-refractivity contribution in [3.8, 4) is 23.1 Å². The van der Waals surface area contributed by atoms with Gasteiger partial charge in [-0.1, -0.05) is 42.5 Å². The highest BCUT2D eigenvalue weighted by molar-refractivity contribution is 7.14. The fourth-order valence-electron chi connectivity index (χ4n) is 2.44. The van der Waals surface area contributed by atoms with Crippen LogP contribution in [-0.2, 0) is 4.79 Å². The fourth-order valence-corrected chi connectivity index (χ4v) is 3.15. The maximum Gasteiger partial charge on any atom is 0.268 e. The molecule has 0 aliphatic rings. The van der Waals surface area contributed by atoms with Gasteiger partial charge in [0.15, 0.2) is 5.13 Å². The molecule has 0 saturated carbocycles. The molecule has 1 amide bonds. The molecule has 2 aromatic carbocycles. The van der Waals surface area contributed by atoms with Crippen LogP contribution in [0.25, 0.3) is 17.3 Å². The van der Waals surface area contributed by atoms with Crippen molar-refractivity contribution in [3.63, 3.8) is 0 Å². The van der Waals surface area contributed by atoms with Gasteiger partial charge in [-0.3, -0.25) is 10.1 Å². The van der Waals surface area contributed by atoms with E-state index in [9.17, 15) is 10.1 Å². The Balaban J connectivity index is 1.79. The average Bonchev–Trinajstić information content (AvgIpc) is 3.15. The predicted octanol–water partition coefficient (Wildman–Crippen LogP) is 4.75. The zero-order valence-electron chi connectivity index (χ0n) is 14.7. The molecular weight excluding hydrogens is 358 g/mol. The summed E-state index contributed by atoms with van der Waals surface area (Å²) in [5.41, 5.74) is 2.38. The molecule has 6 heteroatoms. The molecule has 0 aliphatic heterocycles. The first-order valence-corrected chi connectivity index (χ1v) is 9.25. The Labute approximate surface area is 161 Å². The molecule has 1 N–H and O–H groups in total. The number of carbonyl (C=O) groups is 1. The van der Waals surface area contributed by atoms with Crippen molar-refractivity contribution in [2.75, 3.05) is 11.9 Å². The molecule has 0 aliphatic carbocycles. The molecule has 0 unspecified atom stereocenters. The predicted molar refractivity (Wildman–Crippen MR) is 107 cm³/mol. The van der Waals surface area contributed by atoms with E-state index >= 15 is 0 Å². The van der Waals surface area contributed by atoms with E-state index in [0.717, 1.165) is 16.9 Å². The van der Waals surface area contributed by atoms with Gasteiger partial charge in [0.25, 0.3) is 5.91 Å².